The lowest BCUT2D eigenvalue weighted by atomic mass is 10.1. The summed E-state index contributed by atoms with van der Waals surface area (Å²) in [7, 11) is 1.67. The Labute approximate surface area is 127 Å². The van der Waals surface area contributed by atoms with Crippen molar-refractivity contribution in [3.63, 3.8) is 0 Å². The number of anilines is 1. The van der Waals surface area contributed by atoms with Gasteiger partial charge in [-0.2, -0.15) is 0 Å². The zero-order valence-electron chi connectivity index (χ0n) is 12.3. The van der Waals surface area contributed by atoms with Gasteiger partial charge in [0.05, 0.1) is 18.5 Å². The van der Waals surface area contributed by atoms with Gasteiger partial charge >= 0.3 is 0 Å². The first kappa shape index (κ1) is 14.2. The number of rotatable bonds is 3. The van der Waals surface area contributed by atoms with Crippen molar-refractivity contribution in [1.29, 1.82) is 0 Å². The first-order valence-electron chi connectivity index (χ1n) is 6.95. The Kier molecular flexibility index (Phi) is 3.58. The third-order valence-electron chi connectivity index (χ3n) is 3.57. The van der Waals surface area contributed by atoms with Crippen molar-refractivity contribution in [2.75, 3.05) is 11.9 Å². The molecule has 2 heterocycles. The van der Waals surface area contributed by atoms with Gasteiger partial charge in [0, 0.05) is 12.6 Å². The van der Waals surface area contributed by atoms with Gasteiger partial charge in [-0.3, -0.25) is 9.59 Å². The molecule has 1 aromatic carbocycles. The van der Waals surface area contributed by atoms with Crippen LogP contribution in [0, 0.1) is 0 Å². The predicted molar refractivity (Wildman–Crippen MR) is 79.8 cm³/mol. The van der Waals surface area contributed by atoms with Crippen LogP contribution in [0.15, 0.2) is 41.0 Å². The Bertz CT molecular complexity index is 709. The summed E-state index contributed by atoms with van der Waals surface area (Å²) in [6.45, 7) is 2.01. The van der Waals surface area contributed by atoms with Gasteiger partial charge in [0.25, 0.3) is 11.8 Å². The van der Waals surface area contributed by atoms with Crippen LogP contribution in [-0.2, 0) is 11.3 Å². The molecule has 1 N–H and O–H groups in total. The molecule has 0 bridgehead atoms. The van der Waals surface area contributed by atoms with E-state index in [0.29, 0.717) is 29.3 Å². The number of benzene rings is 1. The molecule has 0 spiro atoms. The lowest BCUT2D eigenvalue weighted by molar-refractivity contribution is -0.125. The number of carbonyl (C=O) groups is 2. The van der Waals surface area contributed by atoms with E-state index < -0.39 is 6.10 Å². The summed E-state index contributed by atoms with van der Waals surface area (Å²) in [6, 6.07) is 8.58. The Hall–Kier alpha value is -2.76. The van der Waals surface area contributed by atoms with E-state index in [-0.39, 0.29) is 11.8 Å². The molecule has 2 amide bonds. The lowest BCUT2D eigenvalue weighted by Crippen LogP contribution is -2.42. The van der Waals surface area contributed by atoms with Crippen molar-refractivity contribution in [1.82, 2.24) is 5.32 Å². The van der Waals surface area contributed by atoms with E-state index in [1.54, 1.807) is 50.6 Å². The summed E-state index contributed by atoms with van der Waals surface area (Å²) in [5.41, 5.74) is 1.05. The molecule has 0 saturated heterocycles. The van der Waals surface area contributed by atoms with E-state index in [1.165, 1.54) is 4.90 Å². The number of likely N-dealkylation sites (N-methyl/N-ethyl adjacent to an activating group) is 1. The highest BCUT2D eigenvalue weighted by molar-refractivity contribution is 6.02. The normalized spacial score (nSPS) is 16.9. The Morgan fingerprint density at radius 1 is 1.36 bits per heavy atom. The van der Waals surface area contributed by atoms with Gasteiger partial charge in [0.1, 0.15) is 11.5 Å². The summed E-state index contributed by atoms with van der Waals surface area (Å²) in [5, 5.41) is 2.77. The summed E-state index contributed by atoms with van der Waals surface area (Å²) < 4.78 is 10.7. The number of nitrogens with one attached hydrogen (secondary N) is 1. The molecule has 0 aliphatic carbocycles. The fraction of sp³-hybridized carbons (Fsp3) is 0.250. The number of hydrogen-bond donors (Lipinski definition) is 1. The Balaban J connectivity index is 1.78. The summed E-state index contributed by atoms with van der Waals surface area (Å²) >= 11 is 0. The van der Waals surface area contributed by atoms with Crippen molar-refractivity contribution >= 4 is 17.5 Å². The second-order valence-corrected chi connectivity index (χ2v) is 5.10. The van der Waals surface area contributed by atoms with Gasteiger partial charge in [-0.25, -0.2) is 0 Å². The quantitative estimate of drug-likeness (QED) is 0.940. The van der Waals surface area contributed by atoms with Gasteiger partial charge in [0.15, 0.2) is 6.10 Å². The second-order valence-electron chi connectivity index (χ2n) is 5.10. The lowest BCUT2D eigenvalue weighted by Gasteiger charge is -2.30. The zero-order chi connectivity index (χ0) is 15.7. The van der Waals surface area contributed by atoms with Crippen molar-refractivity contribution in [3.8, 4) is 5.75 Å². The van der Waals surface area contributed by atoms with Crippen LogP contribution in [0.5, 0.6) is 5.75 Å². The molecule has 1 atom stereocenters. The molecule has 0 fully saturated rings. The molecule has 22 heavy (non-hydrogen) atoms. The number of fused-ring (bicyclic) bond motifs is 1. The van der Waals surface area contributed by atoms with Crippen molar-refractivity contribution in [2.45, 2.75) is 19.6 Å². The van der Waals surface area contributed by atoms with E-state index in [2.05, 4.69) is 5.32 Å². The maximum atomic E-state index is 12.2. The van der Waals surface area contributed by atoms with Gasteiger partial charge < -0.3 is 19.4 Å². The summed E-state index contributed by atoms with van der Waals surface area (Å²) in [6.07, 6.45) is 1.04. The van der Waals surface area contributed by atoms with E-state index in [0.717, 1.165) is 0 Å². The average molecular weight is 300 g/mol. The standard InChI is InChI=1S/C16H16N2O4/c1-10-16(20)18(2)13-8-11(5-6-14(13)22-10)15(19)17-9-12-4-3-7-21-12/h3-8,10H,9H2,1-2H3,(H,17,19). The van der Waals surface area contributed by atoms with Crippen LogP contribution in [0.2, 0.25) is 0 Å². The van der Waals surface area contributed by atoms with E-state index >= 15 is 0 Å². The minimum Gasteiger partial charge on any atom is -0.479 e. The molecule has 1 aliphatic rings. The molecule has 6 heteroatoms. The number of nitrogens with zero attached hydrogens (tertiary/aromatic N) is 1. The van der Waals surface area contributed by atoms with Crippen molar-refractivity contribution in [2.24, 2.45) is 0 Å². The highest BCUT2D eigenvalue weighted by Crippen LogP contribution is 2.33. The molecule has 0 radical (unpaired) electrons. The van der Waals surface area contributed by atoms with Crippen LogP contribution < -0.4 is 15.0 Å². The Morgan fingerprint density at radius 3 is 2.91 bits per heavy atom. The summed E-state index contributed by atoms with van der Waals surface area (Å²) in [4.78, 5) is 25.6. The molecule has 1 aliphatic heterocycles. The third kappa shape index (κ3) is 2.55. The van der Waals surface area contributed by atoms with E-state index in [1.807, 2.05) is 0 Å². The van der Waals surface area contributed by atoms with Crippen LogP contribution in [0.4, 0.5) is 5.69 Å². The highest BCUT2D eigenvalue weighted by atomic mass is 16.5. The van der Waals surface area contributed by atoms with Crippen LogP contribution in [0.3, 0.4) is 0 Å². The van der Waals surface area contributed by atoms with Crippen LogP contribution in [-0.4, -0.2) is 25.0 Å². The molecule has 3 rings (SSSR count). The third-order valence-corrected chi connectivity index (χ3v) is 3.57. The predicted octanol–water partition coefficient (Wildman–Crippen LogP) is 1.95. The van der Waals surface area contributed by atoms with E-state index in [4.69, 9.17) is 9.15 Å². The fourth-order valence-corrected chi connectivity index (χ4v) is 2.34. The Morgan fingerprint density at radius 2 is 2.18 bits per heavy atom. The molecule has 2 aromatic rings. The number of amides is 2. The van der Waals surface area contributed by atoms with Crippen molar-refractivity contribution in [3.05, 3.63) is 47.9 Å². The summed E-state index contributed by atoms with van der Waals surface area (Å²) in [5.74, 6) is 0.896. The number of furan rings is 1. The number of ether oxygens (including phenoxy) is 1. The molecular weight excluding hydrogens is 284 g/mol. The van der Waals surface area contributed by atoms with Crippen molar-refractivity contribution < 1.29 is 18.7 Å². The largest absolute Gasteiger partial charge is 0.479 e. The van der Waals surface area contributed by atoms with E-state index in [9.17, 15) is 9.59 Å². The molecule has 1 unspecified atom stereocenters. The number of hydrogen-bond acceptors (Lipinski definition) is 4. The first-order valence-corrected chi connectivity index (χ1v) is 6.95. The fourth-order valence-electron chi connectivity index (χ4n) is 2.34. The number of carbonyl (C=O) groups excluding carboxylic acids is 2. The van der Waals surface area contributed by atoms with Crippen LogP contribution in [0.1, 0.15) is 23.0 Å². The highest BCUT2D eigenvalue weighted by Gasteiger charge is 2.29. The van der Waals surface area contributed by atoms with Gasteiger partial charge in [-0.15, -0.1) is 0 Å². The van der Waals surface area contributed by atoms with Crippen LogP contribution >= 0.6 is 0 Å². The molecule has 1 aromatic heterocycles. The maximum absolute atomic E-state index is 12.2. The molecule has 114 valence electrons. The minimum absolute atomic E-state index is 0.138. The second kappa shape index (κ2) is 5.55. The van der Waals surface area contributed by atoms with Gasteiger partial charge in [-0.1, -0.05) is 0 Å². The first-order chi connectivity index (χ1) is 10.6. The molecule has 6 nitrogen and oxygen atoms in total. The topological polar surface area (TPSA) is 71.8 Å². The van der Waals surface area contributed by atoms with Gasteiger partial charge in [-0.05, 0) is 37.3 Å². The zero-order valence-corrected chi connectivity index (χ0v) is 12.3. The maximum Gasteiger partial charge on any atom is 0.267 e. The van der Waals surface area contributed by atoms with Gasteiger partial charge in [0.2, 0.25) is 0 Å². The van der Waals surface area contributed by atoms with Crippen LogP contribution in [0.25, 0.3) is 0 Å². The monoisotopic (exact) mass is 300 g/mol. The average Bonchev–Trinajstić information content (AvgIpc) is 3.03. The molecular formula is C16H16N2O4. The smallest absolute Gasteiger partial charge is 0.267 e. The minimum atomic E-state index is -0.517. The SMILES string of the molecule is CC1Oc2ccc(C(=O)NCc3ccco3)cc2N(C)C1=O. The molecule has 0 saturated carbocycles.